The molecule has 0 radical (unpaired) electrons. The van der Waals surface area contributed by atoms with Gasteiger partial charge in [-0.25, -0.2) is 0 Å². The van der Waals surface area contributed by atoms with Crippen LogP contribution in [0.1, 0.15) is 76.0 Å². The second-order valence-corrected chi connectivity index (χ2v) is 12.7. The van der Waals surface area contributed by atoms with E-state index < -0.39 is 101 Å². The molecule has 0 aromatic carbocycles. The Balaban J connectivity index is 6.85. The van der Waals surface area contributed by atoms with Crippen molar-refractivity contribution in [3.63, 3.8) is 0 Å². The van der Waals surface area contributed by atoms with Crippen molar-refractivity contribution in [1.29, 1.82) is 0 Å². The fraction of sp³-hybridized carbons (Fsp3) is 0.786. The minimum Gasteiger partial charge on any atom is -0.481 e. The van der Waals surface area contributed by atoms with Crippen LogP contribution in [0.15, 0.2) is 0 Å². The monoisotopic (exact) mass is 573 g/mol. The van der Waals surface area contributed by atoms with E-state index in [1.807, 2.05) is 0 Å². The van der Waals surface area contributed by atoms with Gasteiger partial charge in [-0.3, -0.25) is 28.8 Å². The third-order valence-corrected chi connectivity index (χ3v) is 8.52. The normalized spacial score (nSPS) is 17.3. The molecule has 0 saturated carbocycles. The van der Waals surface area contributed by atoms with Crippen LogP contribution in [0.2, 0.25) is 0 Å². The predicted molar refractivity (Wildman–Crippen MR) is 146 cm³/mol. The van der Waals surface area contributed by atoms with Crippen molar-refractivity contribution in [1.82, 2.24) is 10.6 Å². The average molecular weight is 574 g/mol. The number of amides is 2. The van der Waals surface area contributed by atoms with Crippen LogP contribution in [0.25, 0.3) is 0 Å². The Morgan fingerprint density at radius 2 is 1.05 bits per heavy atom. The van der Waals surface area contributed by atoms with Gasteiger partial charge in [0.15, 0.2) is 0 Å². The van der Waals surface area contributed by atoms with E-state index >= 15 is 0 Å². The SMILES string of the molecule is [2H]CNC(=O)C(C)C(C(=O)O)C(C)(C)CC(C(=O)O)C(C(=O)O)C(C)(C)CC(C(=O)NC)C(C(=O)O)C(C)(C)CC. The molecule has 6 N–H and O–H groups in total. The van der Waals surface area contributed by atoms with Crippen LogP contribution in [-0.4, -0.2) is 70.2 Å². The van der Waals surface area contributed by atoms with Gasteiger partial charge in [-0.05, 0) is 29.1 Å². The van der Waals surface area contributed by atoms with E-state index in [-0.39, 0.29) is 6.42 Å². The molecule has 0 aromatic heterocycles. The van der Waals surface area contributed by atoms with Gasteiger partial charge in [0.2, 0.25) is 11.8 Å². The number of hydrogen-bond acceptors (Lipinski definition) is 6. The molecule has 0 aromatic rings. The van der Waals surface area contributed by atoms with Gasteiger partial charge < -0.3 is 31.1 Å². The molecule has 0 aliphatic heterocycles. The summed E-state index contributed by atoms with van der Waals surface area (Å²) in [4.78, 5) is 75.4. The molecule has 0 saturated heterocycles. The van der Waals surface area contributed by atoms with Crippen LogP contribution in [-0.2, 0) is 28.8 Å². The Kier molecular flexibility index (Phi) is 12.1. The summed E-state index contributed by atoms with van der Waals surface area (Å²) in [5.74, 6) is -15.3. The molecule has 0 aliphatic carbocycles. The molecule has 12 nitrogen and oxygen atoms in total. The van der Waals surface area contributed by atoms with Crippen molar-refractivity contribution in [2.75, 3.05) is 14.1 Å². The van der Waals surface area contributed by atoms with Crippen molar-refractivity contribution in [2.24, 2.45) is 51.8 Å². The number of carbonyl (C=O) groups excluding carboxylic acids is 2. The molecule has 6 atom stereocenters. The lowest BCUT2D eigenvalue weighted by atomic mass is 9.59. The van der Waals surface area contributed by atoms with Gasteiger partial charge in [-0.1, -0.05) is 61.8 Å². The first kappa shape index (κ1) is 34.8. The summed E-state index contributed by atoms with van der Waals surface area (Å²) in [5, 5.41) is 45.3. The van der Waals surface area contributed by atoms with Gasteiger partial charge in [-0.2, -0.15) is 0 Å². The Labute approximate surface area is 237 Å². The van der Waals surface area contributed by atoms with E-state index in [4.69, 9.17) is 1.37 Å². The number of hydrogen-bond donors (Lipinski definition) is 6. The largest absolute Gasteiger partial charge is 0.481 e. The van der Waals surface area contributed by atoms with Crippen LogP contribution in [0.4, 0.5) is 0 Å². The zero-order chi connectivity index (χ0) is 32.7. The van der Waals surface area contributed by atoms with E-state index in [2.05, 4.69) is 10.6 Å². The Morgan fingerprint density at radius 3 is 1.40 bits per heavy atom. The highest BCUT2D eigenvalue weighted by Crippen LogP contribution is 2.48. The van der Waals surface area contributed by atoms with Crippen LogP contribution in [0.5, 0.6) is 0 Å². The third kappa shape index (κ3) is 8.66. The Morgan fingerprint density at radius 1 is 0.650 bits per heavy atom. The van der Waals surface area contributed by atoms with Crippen molar-refractivity contribution in [2.45, 2.75) is 74.7 Å². The molecule has 0 bridgehead atoms. The number of aliphatic carboxylic acids is 4. The van der Waals surface area contributed by atoms with Gasteiger partial charge in [0.05, 0.1) is 29.6 Å². The average Bonchev–Trinajstić information content (AvgIpc) is 2.81. The second kappa shape index (κ2) is 13.9. The second-order valence-electron chi connectivity index (χ2n) is 12.7. The van der Waals surface area contributed by atoms with Crippen LogP contribution >= 0.6 is 0 Å². The van der Waals surface area contributed by atoms with Gasteiger partial charge in [-0.15, -0.1) is 0 Å². The van der Waals surface area contributed by atoms with Crippen molar-refractivity contribution < 1.29 is 50.6 Å². The molecule has 230 valence electrons. The topological polar surface area (TPSA) is 207 Å². The molecule has 6 unspecified atom stereocenters. The standard InChI is InChI=1S/C28H48N2O10/c1-11-26(3,4)18(24(37)38)15(21(32)30-10)12-28(7,8)19(25(39)40)16(22(33)34)13-27(5,6)17(23(35)36)14(2)20(31)29-9/h14-19H,11-13H2,1-10H3,(H,29,31)(H,30,32)(H,33,34)(H,35,36)(H,37,38)(H,39,40)/i9D. The minimum atomic E-state index is -1.66. The van der Waals surface area contributed by atoms with Gasteiger partial charge >= 0.3 is 23.9 Å². The first-order chi connectivity index (χ1) is 18.5. The number of rotatable bonds is 17. The highest BCUT2D eigenvalue weighted by Gasteiger charge is 2.53. The fourth-order valence-electron chi connectivity index (χ4n) is 6.14. The van der Waals surface area contributed by atoms with Gasteiger partial charge in [0.1, 0.15) is 0 Å². The summed E-state index contributed by atoms with van der Waals surface area (Å²) in [5.41, 5.74) is -3.73. The summed E-state index contributed by atoms with van der Waals surface area (Å²) in [6.45, 7) is 12.3. The summed E-state index contributed by atoms with van der Waals surface area (Å²) in [6, 6.07) is 0. The smallest absolute Gasteiger partial charge is 0.307 e. The van der Waals surface area contributed by atoms with Gasteiger partial charge in [0.25, 0.3) is 0 Å². The number of nitrogens with one attached hydrogen (secondary N) is 2. The highest BCUT2D eigenvalue weighted by molar-refractivity contribution is 5.86. The molecule has 2 amide bonds. The summed E-state index contributed by atoms with van der Waals surface area (Å²) >= 11 is 0. The highest BCUT2D eigenvalue weighted by atomic mass is 16.4. The van der Waals surface area contributed by atoms with E-state index in [1.54, 1.807) is 20.8 Å². The van der Waals surface area contributed by atoms with Crippen LogP contribution in [0, 0.1) is 51.8 Å². The molecule has 0 spiro atoms. The maximum atomic E-state index is 13.0. The predicted octanol–water partition coefficient (Wildman–Crippen LogP) is 2.80. The van der Waals surface area contributed by atoms with Crippen molar-refractivity contribution in [3.05, 3.63) is 0 Å². The van der Waals surface area contributed by atoms with E-state index in [0.29, 0.717) is 6.42 Å². The lowest BCUT2D eigenvalue weighted by Gasteiger charge is -2.43. The quantitative estimate of drug-likeness (QED) is 0.150. The maximum Gasteiger partial charge on any atom is 0.307 e. The number of carboxylic acid groups (broad SMARTS) is 4. The lowest BCUT2D eigenvalue weighted by molar-refractivity contribution is -0.165. The Hall–Kier alpha value is -3.18. The zero-order valence-electron chi connectivity index (χ0n) is 26.0. The first-order valence-electron chi connectivity index (χ1n) is 13.9. The van der Waals surface area contributed by atoms with E-state index in [9.17, 15) is 49.2 Å². The molecule has 0 rings (SSSR count). The zero-order valence-corrected chi connectivity index (χ0v) is 25.0. The molecule has 0 aliphatic rings. The molecule has 0 fully saturated rings. The fourth-order valence-corrected chi connectivity index (χ4v) is 6.14. The minimum absolute atomic E-state index is 0.279. The lowest BCUT2D eigenvalue weighted by Crippen LogP contribution is -2.50. The van der Waals surface area contributed by atoms with Crippen molar-refractivity contribution in [3.8, 4) is 0 Å². The van der Waals surface area contributed by atoms with Crippen LogP contribution < -0.4 is 10.6 Å². The molecular formula is C28H48N2O10. The number of carbonyl (C=O) groups is 6. The van der Waals surface area contributed by atoms with Crippen LogP contribution in [0.3, 0.4) is 0 Å². The summed E-state index contributed by atoms with van der Waals surface area (Å²) in [7, 11) is 0.850. The molecule has 12 heteroatoms. The molecule has 0 heterocycles. The van der Waals surface area contributed by atoms with Crippen molar-refractivity contribution >= 4 is 35.7 Å². The maximum absolute atomic E-state index is 13.0. The number of carboxylic acids is 4. The Bertz CT molecular complexity index is 994. The summed E-state index contributed by atoms with van der Waals surface area (Å²) < 4.78 is 7.19. The van der Waals surface area contributed by atoms with Gasteiger partial charge in [0, 0.05) is 21.4 Å². The third-order valence-electron chi connectivity index (χ3n) is 8.52. The molecular weight excluding hydrogens is 524 g/mol. The van der Waals surface area contributed by atoms with E-state index in [1.165, 1.54) is 41.7 Å². The first-order valence-corrected chi connectivity index (χ1v) is 13.2. The summed E-state index contributed by atoms with van der Waals surface area (Å²) in [6.07, 6.45) is -0.334. The molecule has 40 heavy (non-hydrogen) atoms. The van der Waals surface area contributed by atoms with E-state index in [0.717, 1.165) is 0 Å².